The van der Waals surface area contributed by atoms with Gasteiger partial charge in [-0.05, 0) is 25.1 Å². The average molecular weight is 503 g/mol. The van der Waals surface area contributed by atoms with Crippen LogP contribution in [-0.4, -0.2) is 58.1 Å². The lowest BCUT2D eigenvalue weighted by Gasteiger charge is -2.41. The number of carbonyl (C=O) groups is 4. The number of hydrazine groups is 1. The Balaban J connectivity index is 1.80. The molecule has 11 nitrogen and oxygen atoms in total. The molecule has 3 aromatic rings. The molecule has 1 unspecified atom stereocenters. The molecule has 4 rings (SSSR count). The number of anilines is 1. The predicted octanol–water partition coefficient (Wildman–Crippen LogP) is 2.61. The van der Waals surface area contributed by atoms with E-state index in [0.717, 1.165) is 0 Å². The smallest absolute Gasteiger partial charge is 0.335 e. The van der Waals surface area contributed by atoms with Gasteiger partial charge in [0.25, 0.3) is 5.91 Å². The molecule has 2 aromatic carbocycles. The van der Waals surface area contributed by atoms with E-state index in [4.69, 9.17) is 0 Å². The average Bonchev–Trinajstić information content (AvgIpc) is 3.33. The normalized spacial score (nSPS) is 14.0. The van der Waals surface area contributed by atoms with Gasteiger partial charge in [0.2, 0.25) is 5.91 Å². The number of aromatic carboxylic acids is 1. The van der Waals surface area contributed by atoms with Crippen LogP contribution < -0.4 is 15.6 Å². The van der Waals surface area contributed by atoms with Crippen LogP contribution in [0.1, 0.15) is 51.9 Å². The maximum absolute atomic E-state index is 13.5. The number of carboxylic acids is 1. The number of aliphatic imine (C=N–C) groups is 1. The number of H-pyrrole nitrogens is 1. The lowest BCUT2D eigenvalue weighted by Crippen LogP contribution is -2.53. The Labute approximate surface area is 212 Å². The van der Waals surface area contributed by atoms with Gasteiger partial charge in [-0.3, -0.25) is 19.8 Å². The minimum absolute atomic E-state index is 0.0940. The first-order valence-electron chi connectivity index (χ1n) is 11.6. The van der Waals surface area contributed by atoms with Gasteiger partial charge in [-0.15, -0.1) is 0 Å². The summed E-state index contributed by atoms with van der Waals surface area (Å²) in [5.74, 6) is -1.74. The van der Waals surface area contributed by atoms with E-state index in [1.165, 1.54) is 30.4 Å². The van der Waals surface area contributed by atoms with E-state index in [1.807, 2.05) is 17.9 Å². The highest BCUT2D eigenvalue weighted by Crippen LogP contribution is 2.39. The molecule has 0 saturated heterocycles. The summed E-state index contributed by atoms with van der Waals surface area (Å²) in [6.07, 6.45) is 2.22. The van der Waals surface area contributed by atoms with Crippen LogP contribution in [0.4, 0.5) is 11.5 Å². The number of nitrogens with one attached hydrogen (secondary N) is 3. The zero-order chi connectivity index (χ0) is 26.5. The summed E-state index contributed by atoms with van der Waals surface area (Å²) in [5, 5.41) is 13.4. The number of benzene rings is 2. The molecule has 0 bridgehead atoms. The third-order valence-electron chi connectivity index (χ3n) is 5.82. The first-order chi connectivity index (χ1) is 17.8. The van der Waals surface area contributed by atoms with E-state index in [-0.39, 0.29) is 23.8 Å². The highest BCUT2D eigenvalue weighted by Gasteiger charge is 2.36. The van der Waals surface area contributed by atoms with E-state index in [2.05, 4.69) is 20.7 Å². The molecule has 2 amide bonds. The lowest BCUT2D eigenvalue weighted by molar-refractivity contribution is -0.127. The summed E-state index contributed by atoms with van der Waals surface area (Å²) < 4.78 is 0. The number of aromatic amines is 1. The van der Waals surface area contributed by atoms with Crippen LogP contribution in [0.2, 0.25) is 0 Å². The number of aromatic nitrogens is 1. The fraction of sp³-hybridized carbons (Fsp3) is 0.192. The van der Waals surface area contributed by atoms with E-state index >= 15 is 0 Å². The van der Waals surface area contributed by atoms with Gasteiger partial charge in [0, 0.05) is 36.5 Å². The van der Waals surface area contributed by atoms with E-state index < -0.39 is 18.0 Å². The van der Waals surface area contributed by atoms with Crippen LogP contribution in [-0.2, 0) is 9.59 Å². The molecule has 0 saturated carbocycles. The second-order valence-corrected chi connectivity index (χ2v) is 8.27. The van der Waals surface area contributed by atoms with Crippen molar-refractivity contribution in [3.63, 3.8) is 0 Å². The number of amides is 2. The molecule has 0 aliphatic carbocycles. The monoisotopic (exact) mass is 502 g/mol. The van der Waals surface area contributed by atoms with Crippen molar-refractivity contribution in [2.24, 2.45) is 4.99 Å². The van der Waals surface area contributed by atoms with E-state index in [0.29, 0.717) is 34.7 Å². The van der Waals surface area contributed by atoms with Crippen molar-refractivity contribution in [2.45, 2.75) is 20.0 Å². The Bertz CT molecular complexity index is 1370. The minimum atomic E-state index is -1.08. The molecule has 0 spiro atoms. The second kappa shape index (κ2) is 10.8. The van der Waals surface area contributed by atoms with Crippen molar-refractivity contribution in [1.82, 2.24) is 20.7 Å². The number of hydrogen-bond donors (Lipinski definition) is 4. The Kier molecular flexibility index (Phi) is 7.33. The molecule has 1 aromatic heterocycles. The van der Waals surface area contributed by atoms with Crippen molar-refractivity contribution in [1.29, 1.82) is 0 Å². The van der Waals surface area contributed by atoms with Crippen LogP contribution >= 0.6 is 0 Å². The number of carboxylic acid groups (broad SMARTS) is 1. The Hall–Kier alpha value is -4.93. The third kappa shape index (κ3) is 5.35. The van der Waals surface area contributed by atoms with Gasteiger partial charge in [-0.25, -0.2) is 14.8 Å². The predicted molar refractivity (Wildman–Crippen MR) is 137 cm³/mol. The number of rotatable bonds is 9. The van der Waals surface area contributed by atoms with Crippen molar-refractivity contribution in [3.05, 3.63) is 83.0 Å². The first-order valence-corrected chi connectivity index (χ1v) is 11.6. The maximum Gasteiger partial charge on any atom is 0.335 e. The molecule has 1 aliphatic rings. The zero-order valence-corrected chi connectivity index (χ0v) is 20.3. The standard InChI is InChI=1S/C26H26N6O5/c1-3-31(19-11-7-10-18(12-19)26(36)37)25-22-20(23(35)17-8-5-4-6-9-17)13-28-24(22)29-15-32(25)30-21(34)14-27-16(2)33/h4-13,15,25,28H,3,14H2,1-2H3,(H,27,33)(H,30,34)(H,36,37). The topological polar surface area (TPSA) is 147 Å². The summed E-state index contributed by atoms with van der Waals surface area (Å²) in [4.78, 5) is 58.4. The molecule has 0 radical (unpaired) electrons. The number of ketones is 1. The van der Waals surface area contributed by atoms with Crippen LogP contribution in [0.25, 0.3) is 0 Å². The van der Waals surface area contributed by atoms with Crippen LogP contribution in [0, 0.1) is 0 Å². The van der Waals surface area contributed by atoms with Crippen LogP contribution in [0.5, 0.6) is 0 Å². The number of carbonyl (C=O) groups excluding carboxylic acids is 3. The molecule has 190 valence electrons. The Morgan fingerprint density at radius 3 is 2.49 bits per heavy atom. The van der Waals surface area contributed by atoms with Gasteiger partial charge in [0.1, 0.15) is 12.2 Å². The van der Waals surface area contributed by atoms with Crippen molar-refractivity contribution in [2.75, 3.05) is 18.0 Å². The van der Waals surface area contributed by atoms with Crippen LogP contribution in [0.15, 0.2) is 65.8 Å². The minimum Gasteiger partial charge on any atom is -0.478 e. The zero-order valence-electron chi connectivity index (χ0n) is 20.3. The highest BCUT2D eigenvalue weighted by molar-refractivity contribution is 6.11. The Morgan fingerprint density at radius 1 is 1.08 bits per heavy atom. The second-order valence-electron chi connectivity index (χ2n) is 8.27. The summed E-state index contributed by atoms with van der Waals surface area (Å²) in [6, 6.07) is 15.2. The molecule has 1 aliphatic heterocycles. The number of fused-ring (bicyclic) bond motifs is 1. The first kappa shape index (κ1) is 25.2. The lowest BCUT2D eigenvalue weighted by atomic mass is 9.98. The summed E-state index contributed by atoms with van der Waals surface area (Å²) in [7, 11) is 0. The SMILES string of the molecule is CCN(c1cccc(C(=O)O)c1)C1c2c(C(=O)c3ccccc3)c[nH]c2N=CN1NC(=O)CNC(C)=O. The van der Waals surface area contributed by atoms with Crippen LogP contribution in [0.3, 0.4) is 0 Å². The maximum atomic E-state index is 13.5. The molecule has 1 atom stereocenters. The van der Waals surface area contributed by atoms with Gasteiger partial charge in [0.15, 0.2) is 11.9 Å². The molecular formula is C26H26N6O5. The van der Waals surface area contributed by atoms with Gasteiger partial charge in [-0.1, -0.05) is 36.4 Å². The number of hydrogen-bond acceptors (Lipinski definition) is 7. The van der Waals surface area contributed by atoms with Crippen molar-refractivity contribution >= 4 is 41.4 Å². The fourth-order valence-electron chi connectivity index (χ4n) is 4.15. The largest absolute Gasteiger partial charge is 0.478 e. The molecule has 11 heteroatoms. The van der Waals surface area contributed by atoms with Crippen molar-refractivity contribution < 1.29 is 24.3 Å². The summed E-state index contributed by atoms with van der Waals surface area (Å²) in [5.41, 5.74) is 4.74. The van der Waals surface area contributed by atoms with Crippen molar-refractivity contribution in [3.8, 4) is 0 Å². The summed E-state index contributed by atoms with van der Waals surface area (Å²) >= 11 is 0. The van der Waals surface area contributed by atoms with Gasteiger partial charge >= 0.3 is 5.97 Å². The van der Waals surface area contributed by atoms with Gasteiger partial charge in [-0.2, -0.15) is 0 Å². The molecule has 4 N–H and O–H groups in total. The molecular weight excluding hydrogens is 476 g/mol. The van der Waals surface area contributed by atoms with E-state index in [1.54, 1.807) is 42.6 Å². The fourth-order valence-corrected chi connectivity index (χ4v) is 4.15. The molecule has 2 heterocycles. The van der Waals surface area contributed by atoms with E-state index in [9.17, 15) is 24.3 Å². The van der Waals surface area contributed by atoms with Gasteiger partial charge in [0.05, 0.1) is 17.7 Å². The highest BCUT2D eigenvalue weighted by atomic mass is 16.4. The summed E-state index contributed by atoms with van der Waals surface area (Å²) in [6.45, 7) is 3.31. The molecule has 37 heavy (non-hydrogen) atoms. The number of nitrogens with zero attached hydrogens (tertiary/aromatic N) is 3. The quantitative estimate of drug-likeness (QED) is 0.329. The van der Waals surface area contributed by atoms with Gasteiger partial charge < -0.3 is 20.3 Å². The third-order valence-corrected chi connectivity index (χ3v) is 5.82. The Morgan fingerprint density at radius 2 is 1.81 bits per heavy atom. The molecule has 0 fully saturated rings.